The van der Waals surface area contributed by atoms with Crippen LogP contribution in [-0.4, -0.2) is 40.8 Å². The van der Waals surface area contributed by atoms with Crippen molar-refractivity contribution < 1.29 is 9.26 Å². The monoisotopic (exact) mass is 279 g/mol. The van der Waals surface area contributed by atoms with Crippen molar-refractivity contribution in [3.63, 3.8) is 0 Å². The van der Waals surface area contributed by atoms with E-state index in [1.54, 1.807) is 0 Å². The predicted molar refractivity (Wildman–Crippen MR) is 75.3 cm³/mol. The summed E-state index contributed by atoms with van der Waals surface area (Å²) in [5.41, 5.74) is 0. The van der Waals surface area contributed by atoms with Crippen molar-refractivity contribution in [2.45, 2.75) is 58.1 Å². The summed E-state index contributed by atoms with van der Waals surface area (Å²) in [5.74, 6) is 2.47. The number of aryl methyl sites for hydroxylation is 1. The minimum absolute atomic E-state index is 0.395. The van der Waals surface area contributed by atoms with Crippen molar-refractivity contribution in [1.82, 2.24) is 15.0 Å². The molecule has 2 aliphatic rings. The van der Waals surface area contributed by atoms with Crippen LogP contribution in [0, 0.1) is 5.92 Å². The van der Waals surface area contributed by atoms with E-state index in [2.05, 4.69) is 22.0 Å². The number of rotatable bonds is 8. The Labute approximate surface area is 120 Å². The van der Waals surface area contributed by atoms with E-state index < -0.39 is 0 Å². The van der Waals surface area contributed by atoms with Crippen LogP contribution in [0.15, 0.2) is 4.52 Å². The molecule has 0 radical (unpaired) electrons. The summed E-state index contributed by atoms with van der Waals surface area (Å²) in [4.78, 5) is 6.92. The molecule has 5 nitrogen and oxygen atoms in total. The van der Waals surface area contributed by atoms with Gasteiger partial charge < -0.3 is 9.26 Å². The van der Waals surface area contributed by atoms with Gasteiger partial charge in [-0.1, -0.05) is 12.1 Å². The molecule has 1 saturated carbocycles. The lowest BCUT2D eigenvalue weighted by Crippen LogP contribution is -2.33. The van der Waals surface area contributed by atoms with E-state index >= 15 is 0 Å². The van der Waals surface area contributed by atoms with Crippen LogP contribution in [0.4, 0.5) is 0 Å². The van der Waals surface area contributed by atoms with Crippen molar-refractivity contribution in [2.24, 2.45) is 5.92 Å². The molecular formula is C15H25N3O2. The molecule has 2 fully saturated rings. The third-order valence-corrected chi connectivity index (χ3v) is 4.04. The third kappa shape index (κ3) is 4.03. The molecule has 0 N–H and O–H groups in total. The van der Waals surface area contributed by atoms with Gasteiger partial charge in [0.05, 0.1) is 12.6 Å². The first-order valence-corrected chi connectivity index (χ1v) is 7.99. The van der Waals surface area contributed by atoms with Gasteiger partial charge in [0.2, 0.25) is 5.89 Å². The van der Waals surface area contributed by atoms with Gasteiger partial charge >= 0.3 is 0 Å². The highest BCUT2D eigenvalue weighted by Crippen LogP contribution is 2.30. The van der Waals surface area contributed by atoms with E-state index in [0.29, 0.717) is 6.10 Å². The average Bonchev–Trinajstić information content (AvgIpc) is 2.90. The van der Waals surface area contributed by atoms with E-state index in [9.17, 15) is 0 Å². The molecule has 0 bridgehead atoms. The Morgan fingerprint density at radius 2 is 2.15 bits per heavy atom. The molecule has 1 aliphatic carbocycles. The smallest absolute Gasteiger partial charge is 0.240 e. The molecule has 5 heteroatoms. The maximum absolute atomic E-state index is 5.76. The lowest BCUT2D eigenvalue weighted by molar-refractivity contribution is 0.0651. The Morgan fingerprint density at radius 3 is 2.85 bits per heavy atom. The van der Waals surface area contributed by atoms with E-state index in [1.807, 2.05) is 0 Å². The number of hydrogen-bond acceptors (Lipinski definition) is 5. The van der Waals surface area contributed by atoms with Gasteiger partial charge in [-0.2, -0.15) is 4.98 Å². The summed E-state index contributed by atoms with van der Waals surface area (Å²) in [6.07, 6.45) is 7.47. The molecule has 0 aromatic carbocycles. The van der Waals surface area contributed by atoms with Crippen LogP contribution in [0.1, 0.15) is 50.7 Å². The number of aromatic nitrogens is 2. The van der Waals surface area contributed by atoms with Gasteiger partial charge in [-0.05, 0) is 38.0 Å². The second-order valence-corrected chi connectivity index (χ2v) is 6.13. The summed E-state index contributed by atoms with van der Waals surface area (Å²) >= 11 is 0. The minimum atomic E-state index is 0.395. The average molecular weight is 279 g/mol. The molecule has 1 unspecified atom stereocenters. The molecular weight excluding hydrogens is 254 g/mol. The molecule has 2 heterocycles. The van der Waals surface area contributed by atoms with E-state index in [4.69, 9.17) is 9.26 Å². The zero-order valence-electron chi connectivity index (χ0n) is 12.4. The van der Waals surface area contributed by atoms with Crippen molar-refractivity contribution in [3.05, 3.63) is 11.7 Å². The Balaban J connectivity index is 1.55. The summed E-state index contributed by atoms with van der Waals surface area (Å²) in [6.45, 7) is 5.97. The molecule has 3 rings (SSSR count). The Bertz CT molecular complexity index is 411. The van der Waals surface area contributed by atoms with Crippen LogP contribution in [0.25, 0.3) is 0 Å². The molecule has 1 atom stereocenters. The molecule has 1 aromatic heterocycles. The third-order valence-electron chi connectivity index (χ3n) is 4.04. The second-order valence-electron chi connectivity index (χ2n) is 6.13. The first kappa shape index (κ1) is 14.0. The van der Waals surface area contributed by atoms with Crippen molar-refractivity contribution >= 4 is 0 Å². The van der Waals surface area contributed by atoms with E-state index in [0.717, 1.165) is 56.7 Å². The molecule has 0 amide bonds. The summed E-state index contributed by atoms with van der Waals surface area (Å²) in [5, 5.41) is 4.04. The van der Waals surface area contributed by atoms with Crippen LogP contribution in [0.5, 0.6) is 0 Å². The number of hydrogen-bond donors (Lipinski definition) is 0. The van der Waals surface area contributed by atoms with E-state index in [1.165, 1.54) is 25.7 Å². The fourth-order valence-electron chi connectivity index (χ4n) is 2.82. The Hall–Kier alpha value is -0.940. The van der Waals surface area contributed by atoms with Gasteiger partial charge in [0.15, 0.2) is 5.82 Å². The Morgan fingerprint density at radius 1 is 1.25 bits per heavy atom. The van der Waals surface area contributed by atoms with Gasteiger partial charge in [0, 0.05) is 26.1 Å². The van der Waals surface area contributed by atoms with Gasteiger partial charge in [-0.15, -0.1) is 0 Å². The SMILES string of the molecule is CCCc1noc(CN(CC2CC2)CC2CCCO2)n1. The molecule has 112 valence electrons. The molecule has 0 spiro atoms. The normalized spacial score (nSPS) is 22.8. The first-order chi connectivity index (χ1) is 9.83. The fraction of sp³-hybridized carbons (Fsp3) is 0.867. The summed E-state index contributed by atoms with van der Waals surface area (Å²) < 4.78 is 11.1. The predicted octanol–water partition coefficient (Wildman–Crippen LogP) is 2.41. The van der Waals surface area contributed by atoms with Gasteiger partial charge in [-0.25, -0.2) is 0 Å². The first-order valence-electron chi connectivity index (χ1n) is 7.99. The molecule has 1 saturated heterocycles. The Kier molecular flexibility index (Phi) is 4.68. The van der Waals surface area contributed by atoms with Crippen molar-refractivity contribution in [3.8, 4) is 0 Å². The highest BCUT2D eigenvalue weighted by Gasteiger charge is 2.27. The topological polar surface area (TPSA) is 51.4 Å². The van der Waals surface area contributed by atoms with Crippen LogP contribution in [0.3, 0.4) is 0 Å². The van der Waals surface area contributed by atoms with Crippen LogP contribution in [0.2, 0.25) is 0 Å². The lowest BCUT2D eigenvalue weighted by atomic mass is 10.2. The highest BCUT2D eigenvalue weighted by atomic mass is 16.5. The number of ether oxygens (including phenoxy) is 1. The van der Waals surface area contributed by atoms with Crippen LogP contribution < -0.4 is 0 Å². The second kappa shape index (κ2) is 6.68. The zero-order chi connectivity index (χ0) is 13.8. The largest absolute Gasteiger partial charge is 0.377 e. The van der Waals surface area contributed by atoms with Gasteiger partial charge in [-0.3, -0.25) is 4.90 Å². The molecule has 1 aromatic rings. The minimum Gasteiger partial charge on any atom is -0.377 e. The maximum Gasteiger partial charge on any atom is 0.240 e. The van der Waals surface area contributed by atoms with Crippen LogP contribution in [-0.2, 0) is 17.7 Å². The summed E-state index contributed by atoms with van der Waals surface area (Å²) in [7, 11) is 0. The highest BCUT2D eigenvalue weighted by molar-refractivity contribution is 4.88. The fourth-order valence-corrected chi connectivity index (χ4v) is 2.82. The lowest BCUT2D eigenvalue weighted by Gasteiger charge is -2.23. The van der Waals surface area contributed by atoms with Crippen molar-refractivity contribution in [2.75, 3.05) is 19.7 Å². The summed E-state index contributed by atoms with van der Waals surface area (Å²) in [6, 6.07) is 0. The zero-order valence-corrected chi connectivity index (χ0v) is 12.4. The van der Waals surface area contributed by atoms with E-state index in [-0.39, 0.29) is 0 Å². The number of nitrogens with zero attached hydrogens (tertiary/aromatic N) is 3. The van der Waals surface area contributed by atoms with Gasteiger partial charge in [0.1, 0.15) is 0 Å². The van der Waals surface area contributed by atoms with Gasteiger partial charge in [0.25, 0.3) is 0 Å². The molecule has 1 aliphatic heterocycles. The quantitative estimate of drug-likeness (QED) is 0.731. The maximum atomic E-state index is 5.76. The van der Waals surface area contributed by atoms with Crippen LogP contribution >= 0.6 is 0 Å². The van der Waals surface area contributed by atoms with Crippen molar-refractivity contribution in [1.29, 1.82) is 0 Å². The standard InChI is InChI=1S/C15H25N3O2/c1-2-4-14-16-15(20-17-14)11-18(9-12-6-7-12)10-13-5-3-8-19-13/h12-13H,2-11H2,1H3. The molecule has 20 heavy (non-hydrogen) atoms.